The van der Waals surface area contributed by atoms with Crippen LogP contribution in [0, 0.1) is 0 Å². The third-order valence-electron chi connectivity index (χ3n) is 8.37. The lowest BCUT2D eigenvalue weighted by molar-refractivity contribution is -0.306. The van der Waals surface area contributed by atoms with Crippen LogP contribution in [0.2, 0.25) is 0 Å². The maximum atomic E-state index is 11.1. The summed E-state index contributed by atoms with van der Waals surface area (Å²) in [4.78, 5) is 0. The van der Waals surface area contributed by atoms with Crippen LogP contribution in [0.3, 0.4) is 0 Å². The Bertz CT molecular complexity index is 1440. The van der Waals surface area contributed by atoms with Gasteiger partial charge in [-0.3, -0.25) is 27.3 Å². The van der Waals surface area contributed by atoms with E-state index in [2.05, 4.69) is 0 Å². The maximum absolute atomic E-state index is 11.1. The minimum atomic E-state index is -4.67. The van der Waals surface area contributed by atoms with E-state index in [4.69, 9.17) is 115 Å². The summed E-state index contributed by atoms with van der Waals surface area (Å²) in [6.45, 7) is -0.967. The summed E-state index contributed by atoms with van der Waals surface area (Å²) >= 11 is 0. The molecule has 4 aliphatic rings. The SMILES string of the molecule is NCC1O[C@H](OC2C(N)CC(N)C(O)[C@H]2O[C@@H]2O[C@H](CO)C(O[C@H]3OC(CN)[C@@H](O)C(O)C3N)C2O)C(N)C(O)[C@@H]1O.O.O.O.O=S(=O)(O)O.O=S(=O)(O)O.O=S(=O)(O)O. The van der Waals surface area contributed by atoms with Crippen molar-refractivity contribution < 1.29 is 133 Å². The van der Waals surface area contributed by atoms with Gasteiger partial charge in [-0.2, -0.15) is 25.3 Å². The molecule has 0 aromatic carbocycles. The third-order valence-corrected chi connectivity index (χ3v) is 8.37. The van der Waals surface area contributed by atoms with E-state index in [1.165, 1.54) is 0 Å². The van der Waals surface area contributed by atoms with Gasteiger partial charge >= 0.3 is 31.2 Å². The van der Waals surface area contributed by atoms with Gasteiger partial charge in [0, 0.05) is 25.2 Å². The van der Waals surface area contributed by atoms with Gasteiger partial charge in [-0.1, -0.05) is 0 Å². The molecule has 0 bridgehead atoms. The molecule has 31 N–H and O–H groups in total. The highest BCUT2D eigenvalue weighted by atomic mass is 32.3. The molecule has 34 nitrogen and oxygen atoms in total. The van der Waals surface area contributed by atoms with E-state index >= 15 is 0 Å². The standard InChI is InChI=1S/C23H46N6O13.3H2O4S.3H2O/c24-2-7-13(32)15(34)10(28)21(37-7)40-18-6(27)1-5(26)12(31)20(18)42-23-17(36)19(9(4-30)39-23)41-22-11(29)16(35)14(33)8(3-25)38-22;3*1-5(2,3)4;;;/h5-23,30-36H,1-4,24-29H2;3*(H2,1,2,3,4);3*1H2/t5?,6?,7?,8?,9-,10?,11?,12?,13-,14-,15?,16?,17?,18?,19?,20-,21-,22-,23+;;;;;;/m1....../s1. The molecule has 4 rings (SSSR count). The van der Waals surface area contributed by atoms with Crippen LogP contribution in [0.5, 0.6) is 0 Å². The van der Waals surface area contributed by atoms with Crippen molar-refractivity contribution in [2.45, 2.75) is 123 Å². The van der Waals surface area contributed by atoms with Crippen molar-refractivity contribution in [3.05, 3.63) is 0 Å². The van der Waals surface area contributed by atoms with Crippen LogP contribution in [0.4, 0.5) is 0 Å². The van der Waals surface area contributed by atoms with Crippen LogP contribution in [0.1, 0.15) is 6.42 Å². The molecule has 3 aliphatic heterocycles. The van der Waals surface area contributed by atoms with Crippen LogP contribution in [0.25, 0.3) is 0 Å². The first kappa shape index (κ1) is 63.0. The number of aliphatic hydroxyl groups excluding tert-OH is 7. The molecule has 366 valence electrons. The Kier molecular flexibility index (Phi) is 27.8. The summed E-state index contributed by atoms with van der Waals surface area (Å²) < 4.78 is 129. The zero-order chi connectivity index (χ0) is 44.5. The van der Waals surface area contributed by atoms with Crippen molar-refractivity contribution in [3.63, 3.8) is 0 Å². The van der Waals surface area contributed by atoms with Crippen molar-refractivity contribution in [2.75, 3.05) is 19.7 Å². The van der Waals surface area contributed by atoms with Crippen molar-refractivity contribution >= 4 is 31.2 Å². The Balaban J connectivity index is -0.00000155. The predicted octanol–water partition coefficient (Wildman–Crippen LogP) is -13.3. The molecule has 60 heavy (non-hydrogen) atoms. The van der Waals surface area contributed by atoms with Crippen molar-refractivity contribution in [3.8, 4) is 0 Å². The first-order valence-corrected chi connectivity index (χ1v) is 20.2. The van der Waals surface area contributed by atoms with Gasteiger partial charge in [0.2, 0.25) is 0 Å². The van der Waals surface area contributed by atoms with Crippen LogP contribution < -0.4 is 34.4 Å². The number of nitrogens with two attached hydrogens (primary N) is 6. The third kappa shape index (κ3) is 20.5. The van der Waals surface area contributed by atoms with Gasteiger partial charge in [0.1, 0.15) is 67.1 Å². The summed E-state index contributed by atoms with van der Waals surface area (Å²) in [7, 11) is -14.0. The zero-order valence-electron chi connectivity index (χ0n) is 30.7. The Hall–Kier alpha value is -1.27. The molecule has 3 saturated heterocycles. The molecule has 37 heteroatoms. The van der Waals surface area contributed by atoms with Crippen molar-refractivity contribution in [2.24, 2.45) is 34.4 Å². The first-order chi connectivity index (χ1) is 25.8. The van der Waals surface area contributed by atoms with E-state index in [0.29, 0.717) is 0 Å². The monoisotopic (exact) mass is 962 g/mol. The van der Waals surface area contributed by atoms with Crippen LogP contribution in [0.15, 0.2) is 0 Å². The van der Waals surface area contributed by atoms with E-state index in [-0.39, 0.29) is 35.9 Å². The second kappa shape index (κ2) is 26.5. The lowest BCUT2D eigenvalue weighted by atomic mass is 9.84. The van der Waals surface area contributed by atoms with Gasteiger partial charge in [0.25, 0.3) is 0 Å². The van der Waals surface area contributed by atoms with Crippen LogP contribution in [-0.2, 0) is 59.6 Å². The molecule has 0 aromatic rings. The summed E-state index contributed by atoms with van der Waals surface area (Å²) in [5.41, 5.74) is 35.6. The van der Waals surface area contributed by atoms with Gasteiger partial charge < -0.3 is 115 Å². The molecule has 0 spiro atoms. The maximum Gasteiger partial charge on any atom is 0.394 e. The molecule has 4 fully saturated rings. The Morgan fingerprint density at radius 2 is 0.783 bits per heavy atom. The molecule has 0 amide bonds. The highest BCUT2D eigenvalue weighted by Gasteiger charge is 2.54. The number of hydrogen-bond donors (Lipinski definition) is 19. The van der Waals surface area contributed by atoms with E-state index in [1.807, 2.05) is 0 Å². The van der Waals surface area contributed by atoms with Gasteiger partial charge in [0.15, 0.2) is 18.9 Å². The lowest BCUT2D eigenvalue weighted by Gasteiger charge is -2.47. The van der Waals surface area contributed by atoms with E-state index in [9.17, 15) is 35.7 Å². The van der Waals surface area contributed by atoms with Gasteiger partial charge in [-0.25, -0.2) is 0 Å². The van der Waals surface area contributed by atoms with Gasteiger partial charge in [0.05, 0.1) is 24.8 Å². The van der Waals surface area contributed by atoms with E-state index in [1.54, 1.807) is 0 Å². The Labute approximate surface area is 340 Å². The molecular weight excluding hydrogens is 904 g/mol. The quantitative estimate of drug-likeness (QED) is 0.0954. The molecular formula is C23H58N6O28S3. The topological polar surface area (TPSA) is 671 Å². The average molecular weight is 963 g/mol. The van der Waals surface area contributed by atoms with Crippen molar-refractivity contribution in [1.29, 1.82) is 0 Å². The average Bonchev–Trinajstić information content (AvgIpc) is 3.36. The Morgan fingerprint density at radius 1 is 0.467 bits per heavy atom. The minimum absolute atomic E-state index is 0. The largest absolute Gasteiger partial charge is 0.412 e. The minimum Gasteiger partial charge on any atom is -0.412 e. The number of rotatable bonds is 9. The summed E-state index contributed by atoms with van der Waals surface area (Å²) in [5, 5.41) is 73.0. The zero-order valence-corrected chi connectivity index (χ0v) is 33.1. The fourth-order valence-corrected chi connectivity index (χ4v) is 5.74. The van der Waals surface area contributed by atoms with Gasteiger partial charge in [-0.05, 0) is 6.42 Å². The smallest absolute Gasteiger partial charge is 0.394 e. The lowest BCUT2D eigenvalue weighted by Crippen LogP contribution is -2.68. The number of aliphatic hydroxyl groups is 7. The van der Waals surface area contributed by atoms with Gasteiger partial charge in [-0.15, -0.1) is 0 Å². The molecule has 19 atom stereocenters. The highest BCUT2D eigenvalue weighted by molar-refractivity contribution is 7.80. The normalized spacial score (nSPS) is 40.5. The molecule has 12 unspecified atom stereocenters. The molecule has 1 saturated carbocycles. The fourth-order valence-electron chi connectivity index (χ4n) is 5.74. The molecule has 0 aromatic heterocycles. The summed E-state index contributed by atoms with van der Waals surface area (Å²) in [6, 6.07) is -4.18. The van der Waals surface area contributed by atoms with Crippen molar-refractivity contribution in [1.82, 2.24) is 0 Å². The van der Waals surface area contributed by atoms with E-state index < -0.39 is 154 Å². The van der Waals surface area contributed by atoms with Crippen LogP contribution >= 0.6 is 0 Å². The van der Waals surface area contributed by atoms with Crippen LogP contribution in [-0.4, -0.2) is 241 Å². The molecule has 0 radical (unpaired) electrons. The summed E-state index contributed by atoms with van der Waals surface area (Å²) in [5.74, 6) is 0. The second-order valence-corrected chi connectivity index (χ2v) is 15.3. The fraction of sp³-hybridized carbons (Fsp3) is 1.00. The van der Waals surface area contributed by atoms with E-state index in [0.717, 1.165) is 0 Å². The number of hydrogen-bond acceptors (Lipinski definition) is 25. The highest BCUT2D eigenvalue weighted by Crippen LogP contribution is 2.34. The molecule has 1 aliphatic carbocycles. The number of ether oxygens (including phenoxy) is 6. The Morgan fingerprint density at radius 3 is 1.12 bits per heavy atom. The molecule has 3 heterocycles. The predicted molar refractivity (Wildman–Crippen MR) is 192 cm³/mol. The first-order valence-electron chi connectivity index (χ1n) is 16.0. The second-order valence-electron chi connectivity index (χ2n) is 12.6. The summed E-state index contributed by atoms with van der Waals surface area (Å²) in [6.07, 6.45) is -19.8.